The summed E-state index contributed by atoms with van der Waals surface area (Å²) >= 11 is 0. The lowest BCUT2D eigenvalue weighted by Crippen LogP contribution is -2.25. The standard InChI is InChI=1S/C17H18FN3O2/c1-2-23-16-9-7-15(8-10-16)19-12-17(22)21-20-11-13-3-5-14(18)6-4-13/h3-11,19H,2,12H2,1H3,(H,21,22). The summed E-state index contributed by atoms with van der Waals surface area (Å²) in [5.41, 5.74) is 3.91. The van der Waals surface area contributed by atoms with Gasteiger partial charge in [0.2, 0.25) is 0 Å². The fourth-order valence-electron chi connectivity index (χ4n) is 1.79. The molecule has 0 atom stereocenters. The van der Waals surface area contributed by atoms with Gasteiger partial charge in [-0.05, 0) is 48.9 Å². The number of carbonyl (C=O) groups is 1. The Morgan fingerprint density at radius 1 is 1.17 bits per heavy atom. The summed E-state index contributed by atoms with van der Waals surface area (Å²) in [6.45, 7) is 2.62. The fraction of sp³-hybridized carbons (Fsp3) is 0.176. The smallest absolute Gasteiger partial charge is 0.259 e. The molecule has 0 unspecified atom stereocenters. The molecular formula is C17H18FN3O2. The van der Waals surface area contributed by atoms with Crippen molar-refractivity contribution in [1.29, 1.82) is 0 Å². The molecule has 0 bridgehead atoms. The van der Waals surface area contributed by atoms with E-state index in [-0.39, 0.29) is 18.3 Å². The van der Waals surface area contributed by atoms with Crippen molar-refractivity contribution in [2.75, 3.05) is 18.5 Å². The van der Waals surface area contributed by atoms with Crippen LogP contribution in [0.1, 0.15) is 12.5 Å². The number of hydrogen-bond donors (Lipinski definition) is 2. The third kappa shape index (κ3) is 5.78. The Morgan fingerprint density at radius 3 is 2.52 bits per heavy atom. The van der Waals surface area contributed by atoms with E-state index < -0.39 is 0 Å². The first-order valence-electron chi connectivity index (χ1n) is 7.21. The maximum atomic E-state index is 12.7. The number of benzene rings is 2. The molecule has 1 amide bonds. The van der Waals surface area contributed by atoms with Crippen LogP contribution in [-0.2, 0) is 4.79 Å². The molecule has 0 saturated carbocycles. The lowest BCUT2D eigenvalue weighted by Gasteiger charge is -2.07. The fourth-order valence-corrected chi connectivity index (χ4v) is 1.79. The molecule has 0 saturated heterocycles. The first kappa shape index (κ1) is 16.5. The minimum absolute atomic E-state index is 0.0920. The van der Waals surface area contributed by atoms with Gasteiger partial charge < -0.3 is 10.1 Å². The highest BCUT2D eigenvalue weighted by molar-refractivity contribution is 5.84. The minimum atomic E-state index is -0.314. The van der Waals surface area contributed by atoms with Crippen LogP contribution < -0.4 is 15.5 Å². The van der Waals surface area contributed by atoms with Crippen molar-refractivity contribution in [3.8, 4) is 5.75 Å². The van der Waals surface area contributed by atoms with Gasteiger partial charge in [0, 0.05) is 5.69 Å². The number of halogens is 1. The van der Waals surface area contributed by atoms with E-state index >= 15 is 0 Å². The van der Waals surface area contributed by atoms with Crippen LogP contribution in [0.25, 0.3) is 0 Å². The first-order valence-corrected chi connectivity index (χ1v) is 7.21. The quantitative estimate of drug-likeness (QED) is 0.610. The van der Waals surface area contributed by atoms with Crippen molar-refractivity contribution < 1.29 is 13.9 Å². The highest BCUT2D eigenvalue weighted by Crippen LogP contribution is 2.15. The Labute approximate surface area is 134 Å². The average molecular weight is 315 g/mol. The van der Waals surface area contributed by atoms with Gasteiger partial charge in [-0.3, -0.25) is 4.79 Å². The van der Waals surface area contributed by atoms with Gasteiger partial charge in [-0.1, -0.05) is 12.1 Å². The van der Waals surface area contributed by atoms with Gasteiger partial charge in [0.25, 0.3) is 5.91 Å². The Bertz CT molecular complexity index is 655. The van der Waals surface area contributed by atoms with Gasteiger partial charge in [0.1, 0.15) is 11.6 Å². The topological polar surface area (TPSA) is 62.7 Å². The summed E-state index contributed by atoms with van der Waals surface area (Å²) in [6.07, 6.45) is 1.45. The summed E-state index contributed by atoms with van der Waals surface area (Å²) in [5.74, 6) is 0.189. The number of hydrazone groups is 1. The third-order valence-corrected chi connectivity index (χ3v) is 2.89. The second kappa shape index (κ2) is 8.53. The molecule has 2 aromatic rings. The molecule has 0 spiro atoms. The summed E-state index contributed by atoms with van der Waals surface area (Å²) in [5, 5.41) is 6.79. The Hall–Kier alpha value is -2.89. The molecule has 5 nitrogen and oxygen atoms in total. The van der Waals surface area contributed by atoms with E-state index in [9.17, 15) is 9.18 Å². The summed E-state index contributed by atoms with van der Waals surface area (Å²) in [4.78, 5) is 11.7. The van der Waals surface area contributed by atoms with Crippen molar-refractivity contribution in [1.82, 2.24) is 5.43 Å². The third-order valence-electron chi connectivity index (χ3n) is 2.89. The molecule has 0 heterocycles. The monoisotopic (exact) mass is 315 g/mol. The zero-order chi connectivity index (χ0) is 16.5. The summed E-state index contributed by atoms with van der Waals surface area (Å²) in [6, 6.07) is 13.1. The van der Waals surface area contributed by atoms with Crippen LogP contribution >= 0.6 is 0 Å². The zero-order valence-corrected chi connectivity index (χ0v) is 12.8. The second-order valence-corrected chi connectivity index (χ2v) is 4.66. The maximum Gasteiger partial charge on any atom is 0.259 e. The highest BCUT2D eigenvalue weighted by atomic mass is 19.1. The molecule has 23 heavy (non-hydrogen) atoms. The number of carbonyl (C=O) groups excluding carboxylic acids is 1. The molecule has 2 rings (SSSR count). The van der Waals surface area contributed by atoms with Crippen LogP contribution in [0.2, 0.25) is 0 Å². The molecule has 0 aliphatic carbocycles. The van der Waals surface area contributed by atoms with E-state index in [2.05, 4.69) is 15.8 Å². The summed E-state index contributed by atoms with van der Waals surface area (Å²) < 4.78 is 18.1. The van der Waals surface area contributed by atoms with Crippen LogP contribution in [0.4, 0.5) is 10.1 Å². The van der Waals surface area contributed by atoms with Crippen LogP contribution in [0, 0.1) is 5.82 Å². The molecule has 0 aliphatic heterocycles. The lowest BCUT2D eigenvalue weighted by atomic mass is 10.2. The number of anilines is 1. The molecule has 0 fully saturated rings. The molecule has 2 N–H and O–H groups in total. The van der Waals surface area contributed by atoms with Crippen molar-refractivity contribution in [2.45, 2.75) is 6.92 Å². The normalized spacial score (nSPS) is 10.5. The second-order valence-electron chi connectivity index (χ2n) is 4.66. The molecule has 0 aliphatic rings. The molecular weight excluding hydrogens is 297 g/mol. The van der Waals surface area contributed by atoms with Crippen LogP contribution in [0.15, 0.2) is 53.6 Å². The van der Waals surface area contributed by atoms with Crippen molar-refractivity contribution in [3.63, 3.8) is 0 Å². The number of rotatable bonds is 7. The predicted octanol–water partition coefficient (Wildman–Crippen LogP) is 2.79. The van der Waals surface area contributed by atoms with Gasteiger partial charge in [-0.2, -0.15) is 5.10 Å². The lowest BCUT2D eigenvalue weighted by molar-refractivity contribution is -0.119. The number of nitrogens with zero attached hydrogens (tertiary/aromatic N) is 1. The molecule has 120 valence electrons. The van der Waals surface area contributed by atoms with Gasteiger partial charge in [-0.25, -0.2) is 9.82 Å². The van der Waals surface area contributed by atoms with Crippen molar-refractivity contribution in [2.24, 2.45) is 5.10 Å². The molecule has 6 heteroatoms. The van der Waals surface area contributed by atoms with E-state index in [1.54, 1.807) is 12.1 Å². The Kier molecular flexibility index (Phi) is 6.11. The molecule has 0 radical (unpaired) electrons. The van der Waals surface area contributed by atoms with E-state index in [1.807, 2.05) is 31.2 Å². The van der Waals surface area contributed by atoms with E-state index in [4.69, 9.17) is 4.74 Å². The van der Waals surface area contributed by atoms with E-state index in [0.29, 0.717) is 12.2 Å². The van der Waals surface area contributed by atoms with Crippen LogP contribution in [0.5, 0.6) is 5.75 Å². The van der Waals surface area contributed by atoms with E-state index in [0.717, 1.165) is 11.4 Å². The average Bonchev–Trinajstić information content (AvgIpc) is 2.56. The first-order chi connectivity index (χ1) is 11.2. The molecule has 0 aromatic heterocycles. The highest BCUT2D eigenvalue weighted by Gasteiger charge is 2.00. The SMILES string of the molecule is CCOc1ccc(NCC(=O)NN=Cc2ccc(F)cc2)cc1. The van der Waals surface area contributed by atoms with E-state index in [1.165, 1.54) is 18.3 Å². The number of ether oxygens (including phenoxy) is 1. The Balaban J connectivity index is 1.75. The maximum absolute atomic E-state index is 12.7. The number of amides is 1. The van der Waals surface area contributed by atoms with Gasteiger partial charge in [0.15, 0.2) is 0 Å². The number of hydrogen-bond acceptors (Lipinski definition) is 4. The minimum Gasteiger partial charge on any atom is -0.494 e. The predicted molar refractivity (Wildman–Crippen MR) is 88.2 cm³/mol. The van der Waals surface area contributed by atoms with Gasteiger partial charge in [-0.15, -0.1) is 0 Å². The Morgan fingerprint density at radius 2 is 1.87 bits per heavy atom. The van der Waals surface area contributed by atoms with Crippen LogP contribution in [0.3, 0.4) is 0 Å². The van der Waals surface area contributed by atoms with Gasteiger partial charge >= 0.3 is 0 Å². The van der Waals surface area contributed by atoms with Crippen molar-refractivity contribution >= 4 is 17.8 Å². The van der Waals surface area contributed by atoms with Gasteiger partial charge in [0.05, 0.1) is 19.4 Å². The zero-order valence-electron chi connectivity index (χ0n) is 12.8. The summed E-state index contributed by atoms with van der Waals surface area (Å²) in [7, 11) is 0. The van der Waals surface area contributed by atoms with Crippen molar-refractivity contribution in [3.05, 3.63) is 59.9 Å². The number of nitrogens with one attached hydrogen (secondary N) is 2. The van der Waals surface area contributed by atoms with Crippen LogP contribution in [-0.4, -0.2) is 25.3 Å². The molecule has 2 aromatic carbocycles. The largest absolute Gasteiger partial charge is 0.494 e.